The minimum atomic E-state index is -4.55. The summed E-state index contributed by atoms with van der Waals surface area (Å²) < 4.78 is 38.8. The number of halogens is 2. The first-order valence-corrected chi connectivity index (χ1v) is 13.9. The van der Waals surface area contributed by atoms with E-state index >= 15 is 0 Å². The topological polar surface area (TPSA) is 138 Å². The molecule has 0 unspecified atom stereocenters. The molecule has 0 radical (unpaired) electrons. The summed E-state index contributed by atoms with van der Waals surface area (Å²) in [6.45, 7) is 4.00. The van der Waals surface area contributed by atoms with Crippen molar-refractivity contribution >= 4 is 67.1 Å². The van der Waals surface area contributed by atoms with Crippen LogP contribution in [0.3, 0.4) is 0 Å². The van der Waals surface area contributed by atoms with Crippen molar-refractivity contribution in [1.82, 2.24) is 0 Å². The number of nitrogens with zero attached hydrogens (tertiary/aromatic N) is 2. The maximum Gasteiger partial charge on any atom is 0.294 e. The standard InChI is InChI=1S/C27H23Cl2N3O6S/c1-3-15-12-20(28)23(14-24(15)39(35,36)37)31-32-25-18-8-6-5-7-16(18)11-19(26(25)33)27(34)30-22-10-9-17(38-4-2)13-21(22)29/h5-14,33H,3-4H2,1-2H3,(H,30,34)(H,35,36,37). The van der Waals surface area contributed by atoms with Crippen molar-refractivity contribution in [3.63, 3.8) is 0 Å². The number of hydrogen-bond acceptors (Lipinski definition) is 7. The number of benzene rings is 4. The van der Waals surface area contributed by atoms with Gasteiger partial charge in [0.15, 0.2) is 5.75 Å². The first kappa shape index (κ1) is 28.3. The average Bonchev–Trinajstić information content (AvgIpc) is 2.89. The van der Waals surface area contributed by atoms with E-state index in [-0.39, 0.29) is 31.9 Å². The Hall–Kier alpha value is -3.70. The Labute approximate surface area is 234 Å². The number of carbonyl (C=O) groups excluding carboxylic acids is 1. The van der Waals surface area contributed by atoms with E-state index < -0.39 is 21.8 Å². The first-order valence-electron chi connectivity index (χ1n) is 11.7. The quantitative estimate of drug-likeness (QED) is 0.142. The van der Waals surface area contributed by atoms with E-state index in [1.54, 1.807) is 49.4 Å². The van der Waals surface area contributed by atoms with Gasteiger partial charge < -0.3 is 15.2 Å². The number of rotatable bonds is 8. The van der Waals surface area contributed by atoms with Crippen LogP contribution in [0.25, 0.3) is 10.8 Å². The summed E-state index contributed by atoms with van der Waals surface area (Å²) in [4.78, 5) is 12.8. The Morgan fingerprint density at radius 3 is 2.41 bits per heavy atom. The number of aromatic hydroxyl groups is 1. The van der Waals surface area contributed by atoms with Gasteiger partial charge in [0.1, 0.15) is 17.1 Å². The molecule has 0 heterocycles. The molecular formula is C27H23Cl2N3O6S. The number of amides is 1. The van der Waals surface area contributed by atoms with Crippen LogP contribution in [0.1, 0.15) is 29.8 Å². The zero-order valence-corrected chi connectivity index (χ0v) is 23.1. The van der Waals surface area contributed by atoms with Gasteiger partial charge in [0.05, 0.1) is 32.8 Å². The number of anilines is 1. The molecule has 0 bridgehead atoms. The van der Waals surface area contributed by atoms with Gasteiger partial charge in [0, 0.05) is 11.5 Å². The molecule has 4 rings (SSSR count). The minimum absolute atomic E-state index is 0.0416. The number of fused-ring (bicyclic) bond motifs is 1. The maximum absolute atomic E-state index is 13.2. The lowest BCUT2D eigenvalue weighted by molar-refractivity contribution is 0.102. The van der Waals surface area contributed by atoms with Gasteiger partial charge in [-0.05, 0) is 54.6 Å². The molecule has 0 aliphatic carbocycles. The molecule has 1 amide bonds. The van der Waals surface area contributed by atoms with Gasteiger partial charge in [-0.2, -0.15) is 8.42 Å². The number of carbonyl (C=O) groups is 1. The van der Waals surface area contributed by atoms with E-state index in [0.717, 1.165) is 6.07 Å². The zero-order valence-electron chi connectivity index (χ0n) is 20.8. The number of aryl methyl sites for hydroxylation is 1. The van der Waals surface area contributed by atoms with Crippen LogP contribution < -0.4 is 10.1 Å². The van der Waals surface area contributed by atoms with E-state index in [9.17, 15) is 22.9 Å². The molecule has 0 aliphatic heterocycles. The highest BCUT2D eigenvalue weighted by Crippen LogP contribution is 2.41. The van der Waals surface area contributed by atoms with E-state index in [1.165, 1.54) is 12.1 Å². The molecule has 0 saturated carbocycles. The number of phenolic OH excluding ortho intramolecular Hbond substituents is 1. The summed E-state index contributed by atoms with van der Waals surface area (Å²) in [7, 11) is -4.55. The van der Waals surface area contributed by atoms with Gasteiger partial charge in [-0.3, -0.25) is 9.35 Å². The van der Waals surface area contributed by atoms with Gasteiger partial charge in [-0.1, -0.05) is 54.4 Å². The van der Waals surface area contributed by atoms with Crippen LogP contribution in [0, 0.1) is 0 Å². The van der Waals surface area contributed by atoms with E-state index in [1.807, 2.05) is 6.92 Å². The predicted octanol–water partition coefficient (Wildman–Crippen LogP) is 7.73. The molecule has 202 valence electrons. The number of hydrogen-bond donors (Lipinski definition) is 3. The third kappa shape index (κ3) is 6.15. The Morgan fingerprint density at radius 1 is 1.00 bits per heavy atom. The first-order chi connectivity index (χ1) is 18.5. The van der Waals surface area contributed by atoms with Crippen LogP contribution in [0.2, 0.25) is 10.0 Å². The third-order valence-electron chi connectivity index (χ3n) is 5.79. The smallest absolute Gasteiger partial charge is 0.294 e. The summed E-state index contributed by atoms with van der Waals surface area (Å²) in [6.07, 6.45) is 0.299. The molecule has 12 heteroatoms. The molecule has 0 fully saturated rings. The number of azo groups is 1. The lowest BCUT2D eigenvalue weighted by Gasteiger charge is -2.13. The fourth-order valence-electron chi connectivity index (χ4n) is 3.92. The molecule has 3 N–H and O–H groups in total. The molecule has 0 saturated heterocycles. The highest BCUT2D eigenvalue weighted by atomic mass is 35.5. The van der Waals surface area contributed by atoms with Crippen LogP contribution in [-0.4, -0.2) is 30.6 Å². The van der Waals surface area contributed by atoms with Crippen molar-refractivity contribution in [2.75, 3.05) is 11.9 Å². The Balaban J connectivity index is 1.78. The van der Waals surface area contributed by atoms with Crippen LogP contribution in [0.4, 0.5) is 17.1 Å². The van der Waals surface area contributed by atoms with Crippen LogP contribution in [0.15, 0.2) is 75.8 Å². The van der Waals surface area contributed by atoms with Gasteiger partial charge in [0.2, 0.25) is 0 Å². The van der Waals surface area contributed by atoms with E-state index in [2.05, 4.69) is 15.5 Å². The van der Waals surface area contributed by atoms with Crippen molar-refractivity contribution in [3.8, 4) is 11.5 Å². The molecule has 39 heavy (non-hydrogen) atoms. The summed E-state index contributed by atoms with van der Waals surface area (Å²) >= 11 is 12.6. The summed E-state index contributed by atoms with van der Waals surface area (Å²) in [5.41, 5.74) is 0.419. The van der Waals surface area contributed by atoms with Crippen LogP contribution in [-0.2, 0) is 16.5 Å². The monoisotopic (exact) mass is 587 g/mol. The van der Waals surface area contributed by atoms with Crippen molar-refractivity contribution in [2.45, 2.75) is 25.2 Å². The maximum atomic E-state index is 13.2. The highest BCUT2D eigenvalue weighted by Gasteiger charge is 2.21. The van der Waals surface area contributed by atoms with Gasteiger partial charge in [-0.15, -0.1) is 10.2 Å². The summed E-state index contributed by atoms with van der Waals surface area (Å²) in [5.74, 6) is -0.576. The molecule has 4 aromatic rings. The second-order valence-electron chi connectivity index (χ2n) is 8.31. The van der Waals surface area contributed by atoms with Crippen molar-refractivity contribution in [1.29, 1.82) is 0 Å². The highest BCUT2D eigenvalue weighted by molar-refractivity contribution is 7.85. The normalized spacial score (nSPS) is 11.7. The third-order valence-corrected chi connectivity index (χ3v) is 7.34. The zero-order chi connectivity index (χ0) is 28.3. The van der Waals surface area contributed by atoms with Crippen LogP contribution in [0.5, 0.6) is 11.5 Å². The molecule has 0 aliphatic rings. The molecule has 0 aromatic heterocycles. The molecule has 4 aromatic carbocycles. The minimum Gasteiger partial charge on any atom is -0.505 e. The van der Waals surface area contributed by atoms with Crippen LogP contribution >= 0.6 is 23.2 Å². The fourth-order valence-corrected chi connectivity index (χ4v) is 5.15. The molecule has 0 spiro atoms. The second-order valence-corrected chi connectivity index (χ2v) is 10.5. The molecular weight excluding hydrogens is 565 g/mol. The lowest BCUT2D eigenvalue weighted by atomic mass is 10.0. The van der Waals surface area contributed by atoms with E-state index in [4.69, 9.17) is 27.9 Å². The Bertz CT molecular complexity index is 1720. The van der Waals surface area contributed by atoms with Gasteiger partial charge in [-0.25, -0.2) is 0 Å². The second kappa shape index (κ2) is 11.6. The van der Waals surface area contributed by atoms with Gasteiger partial charge in [0.25, 0.3) is 16.0 Å². The Kier molecular flexibility index (Phi) is 8.41. The SMILES string of the molecule is CCOc1ccc(NC(=O)c2cc3ccccc3c(N=Nc3cc(S(=O)(=O)O)c(CC)cc3Cl)c2O)c(Cl)c1. The van der Waals surface area contributed by atoms with Crippen molar-refractivity contribution < 1.29 is 27.6 Å². The summed E-state index contributed by atoms with van der Waals surface area (Å²) in [6, 6.07) is 15.7. The number of nitrogens with one attached hydrogen (secondary N) is 1. The fraction of sp³-hybridized carbons (Fsp3) is 0.148. The molecule has 9 nitrogen and oxygen atoms in total. The van der Waals surface area contributed by atoms with Gasteiger partial charge >= 0.3 is 0 Å². The number of ether oxygens (including phenoxy) is 1. The van der Waals surface area contributed by atoms with Crippen molar-refractivity contribution in [3.05, 3.63) is 81.8 Å². The van der Waals surface area contributed by atoms with Crippen molar-refractivity contribution in [2.24, 2.45) is 10.2 Å². The lowest BCUT2D eigenvalue weighted by Crippen LogP contribution is -2.12. The summed E-state index contributed by atoms with van der Waals surface area (Å²) in [5, 5.41) is 23.4. The largest absolute Gasteiger partial charge is 0.505 e. The predicted molar refractivity (Wildman–Crippen MR) is 151 cm³/mol. The number of phenols is 1. The molecule has 0 atom stereocenters. The Morgan fingerprint density at radius 2 is 1.74 bits per heavy atom. The average molecular weight is 588 g/mol. The van der Waals surface area contributed by atoms with E-state index in [0.29, 0.717) is 40.8 Å².